The van der Waals surface area contributed by atoms with Crippen molar-refractivity contribution in [2.24, 2.45) is 14.1 Å². The van der Waals surface area contributed by atoms with Crippen molar-refractivity contribution in [2.45, 2.75) is 51.6 Å². The molecule has 2 atom stereocenters. The highest BCUT2D eigenvalue weighted by Crippen LogP contribution is 2.22. The Morgan fingerprint density at radius 3 is 1.47 bits per heavy atom. The summed E-state index contributed by atoms with van der Waals surface area (Å²) in [4.78, 5) is 57.8. The highest BCUT2D eigenvalue weighted by atomic mass is 16.5. The van der Waals surface area contributed by atoms with Crippen LogP contribution in [0.25, 0.3) is 22.5 Å². The molecule has 15 heteroatoms. The fourth-order valence-electron chi connectivity index (χ4n) is 6.16. The summed E-state index contributed by atoms with van der Waals surface area (Å²) in [6.07, 6.45) is 9.01. The normalized spacial score (nSPS) is 11.7. The third-order valence-electron chi connectivity index (χ3n) is 9.29. The van der Waals surface area contributed by atoms with Crippen molar-refractivity contribution in [3.05, 3.63) is 133 Å². The van der Waals surface area contributed by atoms with Gasteiger partial charge in [0.05, 0.1) is 43.2 Å². The minimum atomic E-state index is -0.615. The van der Waals surface area contributed by atoms with Gasteiger partial charge in [-0.3, -0.25) is 49.1 Å². The number of carbonyl (C=O) groups excluding carboxylic acids is 4. The first-order chi connectivity index (χ1) is 29.1. The molecule has 2 amide bonds. The summed E-state index contributed by atoms with van der Waals surface area (Å²) in [5.41, 5.74) is 5.31. The third kappa shape index (κ3) is 13.6. The average molecular weight is 813 g/mol. The van der Waals surface area contributed by atoms with Crippen LogP contribution in [0.2, 0.25) is 0 Å². The largest absolute Gasteiger partial charge is 0.465 e. The van der Waals surface area contributed by atoms with Crippen molar-refractivity contribution >= 4 is 35.2 Å². The molecule has 0 unspecified atom stereocenters. The number of nitrogens with zero attached hydrogens (tertiary/aromatic N) is 6. The molecule has 60 heavy (non-hydrogen) atoms. The summed E-state index contributed by atoms with van der Waals surface area (Å²) in [6.45, 7) is 4.13. The third-order valence-corrected chi connectivity index (χ3v) is 9.29. The number of ether oxygens (including phenoxy) is 1. The van der Waals surface area contributed by atoms with Crippen LogP contribution >= 0.6 is 0 Å². The molecule has 0 radical (unpaired) electrons. The van der Waals surface area contributed by atoms with Crippen LogP contribution < -0.4 is 21.3 Å². The van der Waals surface area contributed by atoms with Crippen molar-refractivity contribution in [2.75, 3.05) is 30.3 Å². The first kappa shape index (κ1) is 44.3. The van der Waals surface area contributed by atoms with Crippen molar-refractivity contribution in [3.63, 3.8) is 0 Å². The number of ketones is 1. The zero-order valence-electron chi connectivity index (χ0n) is 34.4. The number of benzene rings is 2. The fraction of sp³-hybridized carbons (Fsp3) is 0.289. The number of aryl methyl sites for hydroxylation is 2. The molecule has 0 aliphatic rings. The van der Waals surface area contributed by atoms with Gasteiger partial charge in [-0.05, 0) is 61.6 Å². The molecule has 0 spiro atoms. The van der Waals surface area contributed by atoms with Gasteiger partial charge in [-0.25, -0.2) is 0 Å². The lowest BCUT2D eigenvalue weighted by Gasteiger charge is -2.18. The monoisotopic (exact) mass is 812 g/mol. The molecule has 312 valence electrons. The number of rotatable bonds is 19. The van der Waals surface area contributed by atoms with Crippen LogP contribution in [0, 0.1) is 0 Å². The number of esters is 1. The second-order valence-electron chi connectivity index (χ2n) is 13.9. The molecule has 4 heterocycles. The average Bonchev–Trinajstić information content (AvgIpc) is 3.83. The smallest absolute Gasteiger partial charge is 0.319 e. The Kier molecular flexibility index (Phi) is 16.9. The number of anilines is 2. The van der Waals surface area contributed by atoms with Crippen molar-refractivity contribution in [1.29, 1.82) is 0 Å². The molecule has 0 aliphatic carbocycles. The second-order valence-corrected chi connectivity index (χ2v) is 13.9. The van der Waals surface area contributed by atoms with Crippen LogP contribution in [0.5, 0.6) is 0 Å². The Hall–Kier alpha value is -6.84. The first-order valence-electron chi connectivity index (χ1n) is 19.9. The van der Waals surface area contributed by atoms with E-state index in [2.05, 4.69) is 41.4 Å². The van der Waals surface area contributed by atoms with Crippen LogP contribution in [0.1, 0.15) is 37.8 Å². The maximum Gasteiger partial charge on any atom is 0.319 e. The summed E-state index contributed by atoms with van der Waals surface area (Å²) in [5.74, 6) is 0.391. The van der Waals surface area contributed by atoms with E-state index in [1.54, 1.807) is 61.2 Å². The highest BCUT2D eigenvalue weighted by Gasteiger charge is 2.23. The van der Waals surface area contributed by atoms with E-state index in [1.807, 2.05) is 97.9 Å². The van der Waals surface area contributed by atoms with E-state index in [4.69, 9.17) is 4.74 Å². The van der Waals surface area contributed by atoms with E-state index < -0.39 is 18.1 Å². The molecule has 0 aliphatic heterocycles. The van der Waals surface area contributed by atoms with Crippen LogP contribution in [0.15, 0.2) is 122 Å². The molecule has 4 N–H and O–H groups in total. The Morgan fingerprint density at radius 2 is 1.05 bits per heavy atom. The van der Waals surface area contributed by atoms with Crippen molar-refractivity contribution in [1.82, 2.24) is 40.2 Å². The maximum atomic E-state index is 13.0. The van der Waals surface area contributed by atoms with Gasteiger partial charge in [-0.1, -0.05) is 67.6 Å². The predicted molar refractivity (Wildman–Crippen MR) is 231 cm³/mol. The van der Waals surface area contributed by atoms with Gasteiger partial charge in [-0.2, -0.15) is 10.2 Å². The quantitative estimate of drug-likeness (QED) is 0.0791. The van der Waals surface area contributed by atoms with Gasteiger partial charge in [0.25, 0.3) is 0 Å². The SMILES string of the molecule is CCCC(=O)CN[C@@H](Cc1ccccc1)C(=O)Nc1cc(-c2ccncc2)nn1C.CCOC(=O)CN[C@@H](Cc1ccccc1)C(=O)Nc1cc(-c2ccncc2)nn1C. The Bertz CT molecular complexity index is 2100. The zero-order chi connectivity index (χ0) is 42.7. The lowest BCUT2D eigenvalue weighted by molar-refractivity contribution is -0.142. The number of amides is 2. The number of hydrogen-bond donors (Lipinski definition) is 4. The van der Waals surface area contributed by atoms with Gasteiger partial charge < -0.3 is 15.4 Å². The fourth-order valence-corrected chi connectivity index (χ4v) is 6.16. The van der Waals surface area contributed by atoms with E-state index in [1.165, 1.54) is 0 Å². The van der Waals surface area contributed by atoms with E-state index in [-0.39, 0.29) is 30.7 Å². The summed E-state index contributed by atoms with van der Waals surface area (Å²) in [5, 5.41) is 20.9. The Morgan fingerprint density at radius 1 is 0.617 bits per heavy atom. The van der Waals surface area contributed by atoms with Gasteiger partial charge in [0, 0.05) is 68.6 Å². The Balaban J connectivity index is 0.000000228. The topological polar surface area (TPSA) is 187 Å². The number of hydrogen-bond acceptors (Lipinski definition) is 11. The lowest BCUT2D eigenvalue weighted by Crippen LogP contribution is -2.44. The lowest BCUT2D eigenvalue weighted by atomic mass is 10.0. The van der Waals surface area contributed by atoms with Crippen molar-refractivity contribution < 1.29 is 23.9 Å². The zero-order valence-corrected chi connectivity index (χ0v) is 34.4. The molecule has 6 rings (SSSR count). The molecule has 15 nitrogen and oxygen atoms in total. The molecular weight excluding hydrogens is 761 g/mol. The van der Waals surface area contributed by atoms with Crippen LogP contribution in [-0.4, -0.2) is 84.9 Å². The molecule has 6 aromatic rings. The van der Waals surface area contributed by atoms with Crippen LogP contribution in [0.4, 0.5) is 11.6 Å². The van der Waals surface area contributed by atoms with Gasteiger partial charge in [0.1, 0.15) is 17.4 Å². The molecule has 4 aromatic heterocycles. The maximum absolute atomic E-state index is 13.0. The molecular formula is C45H52N10O5. The number of aromatic nitrogens is 6. The van der Waals surface area contributed by atoms with Crippen LogP contribution in [-0.2, 0) is 50.9 Å². The van der Waals surface area contributed by atoms with E-state index in [0.29, 0.717) is 37.5 Å². The first-order valence-corrected chi connectivity index (χ1v) is 19.9. The van der Waals surface area contributed by atoms with E-state index in [9.17, 15) is 19.2 Å². The predicted octanol–water partition coefficient (Wildman–Crippen LogP) is 5.18. The molecule has 0 saturated carbocycles. The summed E-state index contributed by atoms with van der Waals surface area (Å²) >= 11 is 0. The highest BCUT2D eigenvalue weighted by molar-refractivity contribution is 5.96. The molecule has 0 fully saturated rings. The standard InChI is InChI=1S/C23H27N5O2.C22H25N5O3/c1-3-7-19(29)16-25-21(14-17-8-5-4-6-9-17)23(30)26-22-15-20(27-28(22)2)18-10-12-24-13-11-18;1-3-30-21(28)15-24-19(13-16-7-5-4-6-8-16)22(29)25-20-14-18(26-27(20)2)17-9-11-23-12-10-17/h4-6,8-13,15,21,25H,3,7,14,16H2,1-2H3,(H,26,30);4-12,14,19,24H,3,13,15H2,1-2H3,(H,25,29)/t21-;19-/m00/s1. The molecule has 0 bridgehead atoms. The van der Waals surface area contributed by atoms with E-state index in [0.717, 1.165) is 40.1 Å². The van der Waals surface area contributed by atoms with Gasteiger partial charge in [-0.15, -0.1) is 0 Å². The summed E-state index contributed by atoms with van der Waals surface area (Å²) in [7, 11) is 3.54. The Labute approximate surface area is 350 Å². The second kappa shape index (κ2) is 22.9. The number of nitrogens with one attached hydrogen (secondary N) is 4. The van der Waals surface area contributed by atoms with E-state index >= 15 is 0 Å². The minimum absolute atomic E-state index is 0.0492. The summed E-state index contributed by atoms with van der Waals surface area (Å²) < 4.78 is 8.20. The number of carbonyl (C=O) groups is 4. The van der Waals surface area contributed by atoms with Crippen molar-refractivity contribution in [3.8, 4) is 22.5 Å². The number of pyridine rings is 2. The molecule has 2 aromatic carbocycles. The van der Waals surface area contributed by atoms with Crippen LogP contribution in [0.3, 0.4) is 0 Å². The van der Waals surface area contributed by atoms with Gasteiger partial charge in [0.15, 0.2) is 0 Å². The minimum Gasteiger partial charge on any atom is -0.465 e. The molecule has 0 saturated heterocycles. The summed E-state index contributed by atoms with van der Waals surface area (Å²) in [6, 6.07) is 29.3. The van der Waals surface area contributed by atoms with Gasteiger partial charge >= 0.3 is 5.97 Å². The number of Topliss-reactive ketones (excluding diaryl/α,β-unsaturated/α-hetero) is 1. The van der Waals surface area contributed by atoms with Gasteiger partial charge in [0.2, 0.25) is 11.8 Å².